The molecule has 0 saturated carbocycles. The zero-order chi connectivity index (χ0) is 16.7. The number of rotatable bonds is 7. The molecule has 2 aromatic carbocycles. The van der Waals surface area contributed by atoms with Gasteiger partial charge >= 0.3 is 0 Å². The summed E-state index contributed by atoms with van der Waals surface area (Å²) in [4.78, 5) is 12.2. The fraction of sp³-hybridized carbons (Fsp3) is 0.316. The van der Waals surface area contributed by atoms with Gasteiger partial charge in [0.25, 0.3) is 5.91 Å². The molecule has 2 aromatic rings. The summed E-state index contributed by atoms with van der Waals surface area (Å²) in [6.45, 7) is 4.44. The highest BCUT2D eigenvalue weighted by Gasteiger charge is 2.17. The molecule has 0 bridgehead atoms. The first-order valence-electron chi connectivity index (χ1n) is 7.85. The Hall–Kier alpha value is -2.00. The largest absolute Gasteiger partial charge is 0.479 e. The van der Waals surface area contributed by atoms with Crippen molar-refractivity contribution < 1.29 is 9.53 Å². The number of hydrogen-bond donors (Lipinski definition) is 1. The maximum absolute atomic E-state index is 12.2. The van der Waals surface area contributed by atoms with E-state index in [4.69, 9.17) is 16.3 Å². The highest BCUT2D eigenvalue weighted by atomic mass is 35.5. The molecule has 1 amide bonds. The van der Waals surface area contributed by atoms with Crippen molar-refractivity contribution in [3.63, 3.8) is 0 Å². The molecule has 0 aromatic heterocycles. The Morgan fingerprint density at radius 1 is 1.13 bits per heavy atom. The van der Waals surface area contributed by atoms with Gasteiger partial charge in [0.05, 0.1) is 5.02 Å². The molecule has 0 fully saturated rings. The molecule has 0 radical (unpaired) electrons. The third kappa shape index (κ3) is 5.00. The van der Waals surface area contributed by atoms with E-state index in [1.54, 1.807) is 19.1 Å². The predicted molar refractivity (Wildman–Crippen MR) is 94.0 cm³/mol. The van der Waals surface area contributed by atoms with Gasteiger partial charge in [0, 0.05) is 12.5 Å². The van der Waals surface area contributed by atoms with Gasteiger partial charge in [0.1, 0.15) is 5.75 Å². The summed E-state index contributed by atoms with van der Waals surface area (Å²) >= 11 is 6.05. The molecule has 3 nitrogen and oxygen atoms in total. The van der Waals surface area contributed by atoms with Crippen molar-refractivity contribution in [2.24, 2.45) is 0 Å². The smallest absolute Gasteiger partial charge is 0.260 e. The number of hydrogen-bond acceptors (Lipinski definition) is 2. The standard InChI is InChI=1S/C19H22ClNO2/c1-3-15(16-9-5-4-6-10-16)13-21-19(22)14(2)23-18-12-8-7-11-17(18)20/h4-12,14-15H,3,13H2,1-2H3,(H,21,22)/t14-,15+/m0/s1. The Morgan fingerprint density at radius 3 is 2.43 bits per heavy atom. The van der Waals surface area contributed by atoms with Crippen molar-refractivity contribution in [1.29, 1.82) is 0 Å². The van der Waals surface area contributed by atoms with Gasteiger partial charge in [-0.15, -0.1) is 0 Å². The van der Waals surface area contributed by atoms with E-state index in [-0.39, 0.29) is 5.91 Å². The lowest BCUT2D eigenvalue weighted by Gasteiger charge is -2.19. The van der Waals surface area contributed by atoms with Crippen LogP contribution in [0, 0.1) is 0 Å². The van der Waals surface area contributed by atoms with Crippen LogP contribution < -0.4 is 10.1 Å². The molecule has 0 aliphatic rings. The zero-order valence-corrected chi connectivity index (χ0v) is 14.2. The number of carbonyl (C=O) groups is 1. The van der Waals surface area contributed by atoms with Crippen LogP contribution in [0.25, 0.3) is 0 Å². The number of carbonyl (C=O) groups excluding carboxylic acids is 1. The highest BCUT2D eigenvalue weighted by molar-refractivity contribution is 6.32. The normalized spacial score (nSPS) is 13.2. The summed E-state index contributed by atoms with van der Waals surface area (Å²) in [7, 11) is 0. The van der Waals surface area contributed by atoms with Crippen molar-refractivity contribution in [2.45, 2.75) is 32.3 Å². The van der Waals surface area contributed by atoms with E-state index in [1.807, 2.05) is 30.3 Å². The van der Waals surface area contributed by atoms with E-state index < -0.39 is 6.10 Å². The second-order valence-corrected chi connectivity index (χ2v) is 5.86. The van der Waals surface area contributed by atoms with Gasteiger partial charge in [-0.1, -0.05) is 61.0 Å². The van der Waals surface area contributed by atoms with E-state index in [2.05, 4.69) is 24.4 Å². The summed E-state index contributed by atoms with van der Waals surface area (Å²) in [6, 6.07) is 17.4. The monoisotopic (exact) mass is 331 g/mol. The molecule has 0 spiro atoms. The van der Waals surface area contributed by atoms with Crippen molar-refractivity contribution in [2.75, 3.05) is 6.54 Å². The lowest BCUT2D eigenvalue weighted by molar-refractivity contribution is -0.127. The Bertz CT molecular complexity index is 630. The number of benzene rings is 2. The third-order valence-corrected chi connectivity index (χ3v) is 4.11. The SMILES string of the molecule is CC[C@H](CNC(=O)[C@H](C)Oc1ccccc1Cl)c1ccccc1. The van der Waals surface area contributed by atoms with Crippen LogP contribution in [-0.4, -0.2) is 18.6 Å². The lowest BCUT2D eigenvalue weighted by Crippen LogP contribution is -2.38. The van der Waals surface area contributed by atoms with Crippen LogP contribution in [0.2, 0.25) is 5.02 Å². The summed E-state index contributed by atoms with van der Waals surface area (Å²) < 4.78 is 5.63. The van der Waals surface area contributed by atoms with Crippen LogP contribution >= 0.6 is 11.6 Å². The second-order valence-electron chi connectivity index (χ2n) is 5.45. The first kappa shape index (κ1) is 17.4. The van der Waals surface area contributed by atoms with Crippen molar-refractivity contribution in [1.82, 2.24) is 5.32 Å². The van der Waals surface area contributed by atoms with Gasteiger partial charge in [-0.3, -0.25) is 4.79 Å². The van der Waals surface area contributed by atoms with Crippen LogP contribution in [0.5, 0.6) is 5.75 Å². The number of para-hydroxylation sites is 1. The summed E-state index contributed by atoms with van der Waals surface area (Å²) in [5, 5.41) is 3.47. The van der Waals surface area contributed by atoms with Gasteiger partial charge in [0.15, 0.2) is 6.10 Å². The second kappa shape index (κ2) is 8.59. The Labute approximate surface area is 142 Å². The Balaban J connectivity index is 1.89. The average Bonchev–Trinajstić information content (AvgIpc) is 2.58. The quantitative estimate of drug-likeness (QED) is 0.815. The number of halogens is 1. The molecule has 0 heterocycles. The molecule has 0 saturated heterocycles. The Kier molecular flexibility index (Phi) is 6.48. The molecular formula is C19H22ClNO2. The maximum Gasteiger partial charge on any atom is 0.260 e. The van der Waals surface area contributed by atoms with Gasteiger partial charge in [-0.25, -0.2) is 0 Å². The first-order valence-corrected chi connectivity index (χ1v) is 8.23. The molecular weight excluding hydrogens is 310 g/mol. The van der Waals surface area contributed by atoms with E-state index in [1.165, 1.54) is 5.56 Å². The molecule has 0 aliphatic carbocycles. The minimum absolute atomic E-state index is 0.140. The van der Waals surface area contributed by atoms with E-state index in [0.29, 0.717) is 23.2 Å². The van der Waals surface area contributed by atoms with Crippen molar-refractivity contribution in [3.8, 4) is 5.75 Å². The number of amides is 1. The molecule has 2 rings (SSSR count). The van der Waals surface area contributed by atoms with Gasteiger partial charge in [-0.2, -0.15) is 0 Å². The molecule has 4 heteroatoms. The molecule has 1 N–H and O–H groups in total. The number of nitrogens with one attached hydrogen (secondary N) is 1. The van der Waals surface area contributed by atoms with Crippen LogP contribution in [0.1, 0.15) is 31.7 Å². The predicted octanol–water partition coefficient (Wildman–Crippen LogP) is 4.42. The van der Waals surface area contributed by atoms with Crippen molar-refractivity contribution in [3.05, 3.63) is 65.2 Å². The van der Waals surface area contributed by atoms with Crippen LogP contribution in [0.15, 0.2) is 54.6 Å². The van der Waals surface area contributed by atoms with Crippen LogP contribution in [0.3, 0.4) is 0 Å². The topological polar surface area (TPSA) is 38.3 Å². The summed E-state index contributed by atoms with van der Waals surface area (Å²) in [5.74, 6) is 0.680. The minimum atomic E-state index is -0.594. The van der Waals surface area contributed by atoms with E-state index in [0.717, 1.165) is 6.42 Å². The lowest BCUT2D eigenvalue weighted by atomic mass is 9.96. The minimum Gasteiger partial charge on any atom is -0.479 e. The summed E-state index contributed by atoms with van der Waals surface area (Å²) in [5.41, 5.74) is 1.23. The van der Waals surface area contributed by atoms with Crippen LogP contribution in [-0.2, 0) is 4.79 Å². The van der Waals surface area contributed by atoms with E-state index >= 15 is 0 Å². The van der Waals surface area contributed by atoms with Crippen LogP contribution in [0.4, 0.5) is 0 Å². The molecule has 2 atom stereocenters. The maximum atomic E-state index is 12.2. The molecule has 0 aliphatic heterocycles. The molecule has 122 valence electrons. The molecule has 0 unspecified atom stereocenters. The zero-order valence-electron chi connectivity index (χ0n) is 13.5. The van der Waals surface area contributed by atoms with Crippen molar-refractivity contribution >= 4 is 17.5 Å². The van der Waals surface area contributed by atoms with Gasteiger partial charge in [-0.05, 0) is 31.0 Å². The molecule has 23 heavy (non-hydrogen) atoms. The van der Waals surface area contributed by atoms with E-state index in [9.17, 15) is 4.79 Å². The third-order valence-electron chi connectivity index (χ3n) is 3.80. The first-order chi connectivity index (χ1) is 11.1. The average molecular weight is 332 g/mol. The Morgan fingerprint density at radius 2 is 1.78 bits per heavy atom. The van der Waals surface area contributed by atoms with Gasteiger partial charge < -0.3 is 10.1 Å². The highest BCUT2D eigenvalue weighted by Crippen LogP contribution is 2.24. The fourth-order valence-corrected chi connectivity index (χ4v) is 2.56. The summed E-state index contributed by atoms with van der Waals surface area (Å²) in [6.07, 6.45) is 0.368. The number of ether oxygens (including phenoxy) is 1. The van der Waals surface area contributed by atoms with Gasteiger partial charge in [0.2, 0.25) is 0 Å². The fourth-order valence-electron chi connectivity index (χ4n) is 2.37.